The molecule has 1 aromatic heterocycles. The number of ether oxygens (including phenoxy) is 1. The van der Waals surface area contributed by atoms with Crippen molar-refractivity contribution in [3.05, 3.63) is 17.0 Å². The number of thiophene rings is 1. The molecule has 2 N–H and O–H groups in total. The third-order valence-corrected chi connectivity index (χ3v) is 6.10. The van der Waals surface area contributed by atoms with E-state index in [9.17, 15) is 8.42 Å². The lowest BCUT2D eigenvalue weighted by Gasteiger charge is -2.25. The molecule has 1 saturated heterocycles. The number of rotatable bonds is 4. The molecule has 1 aromatic rings. The van der Waals surface area contributed by atoms with Crippen LogP contribution in [-0.2, 0) is 21.2 Å². The smallest absolute Gasteiger partial charge is 0.252 e. The van der Waals surface area contributed by atoms with Crippen LogP contribution in [0.1, 0.15) is 4.88 Å². The SMILES string of the molecule is NCCc1ccc(S(=O)(=O)N2CCOCC2)s1. The monoisotopic (exact) mass is 276 g/mol. The second-order valence-corrected chi connectivity index (χ2v) is 7.11. The van der Waals surface area contributed by atoms with Gasteiger partial charge in [-0.05, 0) is 25.1 Å². The number of hydrogen-bond donors (Lipinski definition) is 1. The number of nitrogens with two attached hydrogens (primary N) is 1. The van der Waals surface area contributed by atoms with Gasteiger partial charge in [-0.2, -0.15) is 4.31 Å². The summed E-state index contributed by atoms with van der Waals surface area (Å²) in [6.07, 6.45) is 0.725. The van der Waals surface area contributed by atoms with Crippen LogP contribution in [0.5, 0.6) is 0 Å². The number of hydrogen-bond acceptors (Lipinski definition) is 5. The van der Waals surface area contributed by atoms with Gasteiger partial charge in [0, 0.05) is 18.0 Å². The quantitative estimate of drug-likeness (QED) is 0.857. The van der Waals surface area contributed by atoms with E-state index in [0.29, 0.717) is 37.1 Å². The van der Waals surface area contributed by atoms with Crippen LogP contribution in [0.25, 0.3) is 0 Å². The summed E-state index contributed by atoms with van der Waals surface area (Å²) >= 11 is 1.31. The maximum Gasteiger partial charge on any atom is 0.252 e. The van der Waals surface area contributed by atoms with E-state index in [2.05, 4.69) is 0 Å². The van der Waals surface area contributed by atoms with Gasteiger partial charge in [0.2, 0.25) is 0 Å². The Hall–Kier alpha value is -0.470. The van der Waals surface area contributed by atoms with E-state index in [1.165, 1.54) is 15.6 Å². The highest BCUT2D eigenvalue weighted by molar-refractivity contribution is 7.91. The third-order valence-electron chi connectivity index (χ3n) is 2.59. The second-order valence-electron chi connectivity index (χ2n) is 3.78. The zero-order valence-corrected chi connectivity index (χ0v) is 11.1. The molecule has 17 heavy (non-hydrogen) atoms. The van der Waals surface area contributed by atoms with Gasteiger partial charge in [-0.15, -0.1) is 11.3 Å². The van der Waals surface area contributed by atoms with Crippen molar-refractivity contribution < 1.29 is 13.2 Å². The molecule has 0 unspecified atom stereocenters. The van der Waals surface area contributed by atoms with Crippen molar-refractivity contribution >= 4 is 21.4 Å². The first-order valence-electron chi connectivity index (χ1n) is 5.51. The summed E-state index contributed by atoms with van der Waals surface area (Å²) in [5, 5.41) is 0. The van der Waals surface area contributed by atoms with Crippen molar-refractivity contribution in [2.45, 2.75) is 10.6 Å². The predicted molar refractivity (Wildman–Crippen MR) is 66.7 cm³/mol. The van der Waals surface area contributed by atoms with Crippen LogP contribution < -0.4 is 5.73 Å². The van der Waals surface area contributed by atoms with E-state index in [-0.39, 0.29) is 0 Å². The standard InChI is InChI=1S/C10H16N2O3S2/c11-4-3-9-1-2-10(16-9)17(13,14)12-5-7-15-8-6-12/h1-2H,3-8,11H2. The van der Waals surface area contributed by atoms with E-state index in [1.807, 2.05) is 6.07 Å². The fourth-order valence-electron chi connectivity index (χ4n) is 1.69. The number of nitrogens with zero attached hydrogens (tertiary/aromatic N) is 1. The molecule has 0 amide bonds. The summed E-state index contributed by atoms with van der Waals surface area (Å²) in [6, 6.07) is 3.51. The summed E-state index contributed by atoms with van der Waals surface area (Å²) in [5.74, 6) is 0. The fourth-order valence-corrected chi connectivity index (χ4v) is 4.62. The molecule has 2 heterocycles. The first-order valence-corrected chi connectivity index (χ1v) is 7.77. The number of morpholine rings is 1. The first-order chi connectivity index (χ1) is 8.14. The molecule has 0 atom stereocenters. The minimum absolute atomic E-state index is 0.405. The van der Waals surface area contributed by atoms with Gasteiger partial charge in [-0.3, -0.25) is 0 Å². The zero-order chi connectivity index (χ0) is 12.3. The van der Waals surface area contributed by atoms with Crippen LogP contribution in [0.2, 0.25) is 0 Å². The minimum Gasteiger partial charge on any atom is -0.379 e. The highest BCUT2D eigenvalue weighted by Crippen LogP contribution is 2.25. The van der Waals surface area contributed by atoms with Crippen molar-refractivity contribution in [2.75, 3.05) is 32.8 Å². The van der Waals surface area contributed by atoms with Crippen LogP contribution in [0, 0.1) is 0 Å². The molecule has 1 aliphatic rings. The fraction of sp³-hybridized carbons (Fsp3) is 0.600. The van der Waals surface area contributed by atoms with Crippen molar-refractivity contribution in [2.24, 2.45) is 5.73 Å². The molecule has 2 rings (SSSR count). The molecule has 0 saturated carbocycles. The Balaban J connectivity index is 2.18. The zero-order valence-electron chi connectivity index (χ0n) is 9.46. The Morgan fingerprint density at radius 3 is 2.71 bits per heavy atom. The average molecular weight is 276 g/mol. The molecule has 5 nitrogen and oxygen atoms in total. The van der Waals surface area contributed by atoms with Gasteiger partial charge in [0.1, 0.15) is 4.21 Å². The molecule has 1 aliphatic heterocycles. The summed E-state index contributed by atoms with van der Waals surface area (Å²) in [5.41, 5.74) is 5.45. The molecule has 1 fully saturated rings. The predicted octanol–water partition coefficient (Wildman–Crippen LogP) is 0.270. The Labute approximate surface area is 105 Å². The van der Waals surface area contributed by atoms with Gasteiger partial charge in [-0.1, -0.05) is 0 Å². The normalized spacial score (nSPS) is 18.4. The minimum atomic E-state index is -3.33. The van der Waals surface area contributed by atoms with Gasteiger partial charge in [0.05, 0.1) is 13.2 Å². The molecule has 0 aromatic carbocycles. The largest absolute Gasteiger partial charge is 0.379 e. The van der Waals surface area contributed by atoms with Crippen molar-refractivity contribution in [1.82, 2.24) is 4.31 Å². The first kappa shape index (κ1) is 13.0. The molecule has 0 radical (unpaired) electrons. The highest BCUT2D eigenvalue weighted by atomic mass is 32.2. The lowest BCUT2D eigenvalue weighted by Crippen LogP contribution is -2.40. The van der Waals surface area contributed by atoms with Crippen LogP contribution in [0.15, 0.2) is 16.3 Å². The lowest BCUT2D eigenvalue weighted by molar-refractivity contribution is 0.0731. The van der Waals surface area contributed by atoms with Gasteiger partial charge in [-0.25, -0.2) is 8.42 Å². The summed E-state index contributed by atoms with van der Waals surface area (Å²) < 4.78 is 31.6. The highest BCUT2D eigenvalue weighted by Gasteiger charge is 2.27. The average Bonchev–Trinajstić information content (AvgIpc) is 2.80. The Bertz CT molecular complexity index is 464. The molecular weight excluding hydrogens is 260 g/mol. The Morgan fingerprint density at radius 2 is 2.06 bits per heavy atom. The second kappa shape index (κ2) is 5.45. The molecule has 7 heteroatoms. The van der Waals surface area contributed by atoms with Crippen molar-refractivity contribution in [1.29, 1.82) is 0 Å². The van der Waals surface area contributed by atoms with Gasteiger partial charge < -0.3 is 10.5 Å². The Kier molecular flexibility index (Phi) is 4.16. The molecule has 0 bridgehead atoms. The summed E-state index contributed by atoms with van der Waals surface area (Å²) in [6.45, 7) is 2.36. The van der Waals surface area contributed by atoms with Gasteiger partial charge in [0.15, 0.2) is 0 Å². The van der Waals surface area contributed by atoms with E-state index >= 15 is 0 Å². The van der Waals surface area contributed by atoms with Crippen LogP contribution in [0.3, 0.4) is 0 Å². The Morgan fingerprint density at radius 1 is 1.35 bits per heavy atom. The van der Waals surface area contributed by atoms with Gasteiger partial charge in [0.25, 0.3) is 10.0 Å². The topological polar surface area (TPSA) is 72.6 Å². The van der Waals surface area contributed by atoms with E-state index in [0.717, 1.165) is 11.3 Å². The van der Waals surface area contributed by atoms with Crippen LogP contribution in [-0.4, -0.2) is 45.6 Å². The van der Waals surface area contributed by atoms with E-state index < -0.39 is 10.0 Å². The van der Waals surface area contributed by atoms with Crippen molar-refractivity contribution in [3.63, 3.8) is 0 Å². The van der Waals surface area contributed by atoms with Crippen LogP contribution in [0.4, 0.5) is 0 Å². The molecule has 96 valence electrons. The van der Waals surface area contributed by atoms with E-state index in [1.54, 1.807) is 6.07 Å². The summed E-state index contributed by atoms with van der Waals surface area (Å²) in [4.78, 5) is 1.01. The summed E-state index contributed by atoms with van der Waals surface area (Å²) in [7, 11) is -3.33. The maximum atomic E-state index is 12.3. The van der Waals surface area contributed by atoms with Crippen molar-refractivity contribution in [3.8, 4) is 0 Å². The third kappa shape index (κ3) is 2.86. The molecular formula is C10H16N2O3S2. The maximum absolute atomic E-state index is 12.3. The van der Waals surface area contributed by atoms with Crippen LogP contribution >= 0.6 is 11.3 Å². The van der Waals surface area contributed by atoms with E-state index in [4.69, 9.17) is 10.5 Å². The molecule has 0 aliphatic carbocycles. The number of sulfonamides is 1. The lowest BCUT2D eigenvalue weighted by atomic mass is 10.3. The van der Waals surface area contributed by atoms with Gasteiger partial charge >= 0.3 is 0 Å². The molecule has 0 spiro atoms.